The van der Waals surface area contributed by atoms with E-state index < -0.39 is 0 Å². The predicted molar refractivity (Wildman–Crippen MR) is 71.8 cm³/mol. The highest BCUT2D eigenvalue weighted by Gasteiger charge is 2.12. The molecule has 6 nitrogen and oxygen atoms in total. The van der Waals surface area contributed by atoms with Gasteiger partial charge in [-0.15, -0.1) is 0 Å². The van der Waals surface area contributed by atoms with Crippen LogP contribution in [0.1, 0.15) is 34.2 Å². The fourth-order valence-corrected chi connectivity index (χ4v) is 2.00. The number of amides is 1. The van der Waals surface area contributed by atoms with Crippen molar-refractivity contribution in [1.82, 2.24) is 24.9 Å². The van der Waals surface area contributed by atoms with Crippen LogP contribution in [-0.4, -0.2) is 25.5 Å². The van der Waals surface area contributed by atoms with Gasteiger partial charge in [0, 0.05) is 37.6 Å². The maximum atomic E-state index is 12.0. The molecule has 2 heterocycles. The third-order valence-corrected chi connectivity index (χ3v) is 3.30. The first-order chi connectivity index (χ1) is 9.02. The van der Waals surface area contributed by atoms with Crippen molar-refractivity contribution in [2.45, 2.75) is 33.9 Å². The largest absolute Gasteiger partial charge is 0.348 e. The summed E-state index contributed by atoms with van der Waals surface area (Å²) in [6, 6.07) is 0. The second kappa shape index (κ2) is 5.26. The van der Waals surface area contributed by atoms with E-state index in [0.717, 1.165) is 23.5 Å². The number of nitrogens with one attached hydrogen (secondary N) is 1. The summed E-state index contributed by atoms with van der Waals surface area (Å²) in [6.07, 6.45) is 3.33. The molecule has 0 unspecified atom stereocenters. The summed E-state index contributed by atoms with van der Waals surface area (Å²) < 4.78 is 3.56. The summed E-state index contributed by atoms with van der Waals surface area (Å²) in [5.74, 6) is -0.109. The zero-order valence-electron chi connectivity index (χ0n) is 11.8. The lowest BCUT2D eigenvalue weighted by atomic mass is 10.2. The Morgan fingerprint density at radius 3 is 2.68 bits per heavy atom. The Hall–Kier alpha value is -2.11. The highest BCUT2D eigenvalue weighted by molar-refractivity contribution is 5.93. The number of carbonyl (C=O) groups excluding carboxylic acids is 1. The van der Waals surface area contributed by atoms with E-state index in [9.17, 15) is 4.79 Å². The molecule has 0 aliphatic heterocycles. The van der Waals surface area contributed by atoms with Crippen molar-refractivity contribution in [1.29, 1.82) is 0 Å². The smallest absolute Gasteiger partial charge is 0.254 e. The van der Waals surface area contributed by atoms with Crippen molar-refractivity contribution < 1.29 is 4.79 Å². The molecule has 0 saturated carbocycles. The van der Waals surface area contributed by atoms with Gasteiger partial charge in [-0.05, 0) is 20.8 Å². The lowest BCUT2D eigenvalue weighted by molar-refractivity contribution is 0.0950. The maximum absolute atomic E-state index is 12.0. The number of aromatic nitrogens is 4. The molecule has 1 amide bonds. The molecule has 0 atom stereocenters. The Balaban J connectivity index is 2.04. The SMILES string of the molecule is CCn1cc(C(=O)NCc2c(C)nn(C)c2C)cn1. The first kappa shape index (κ1) is 13.3. The molecule has 0 aliphatic rings. The van der Waals surface area contributed by atoms with E-state index in [1.165, 1.54) is 0 Å². The molecule has 102 valence electrons. The Morgan fingerprint density at radius 2 is 2.16 bits per heavy atom. The molecule has 2 rings (SSSR count). The molecule has 19 heavy (non-hydrogen) atoms. The number of nitrogens with zero attached hydrogens (tertiary/aromatic N) is 4. The average molecular weight is 261 g/mol. The summed E-state index contributed by atoms with van der Waals surface area (Å²) in [6.45, 7) is 7.17. The van der Waals surface area contributed by atoms with Crippen molar-refractivity contribution in [3.05, 3.63) is 34.9 Å². The van der Waals surface area contributed by atoms with Gasteiger partial charge in [0.05, 0.1) is 17.5 Å². The first-order valence-corrected chi connectivity index (χ1v) is 6.32. The van der Waals surface area contributed by atoms with E-state index in [1.807, 2.05) is 32.5 Å². The molecule has 0 fully saturated rings. The van der Waals surface area contributed by atoms with Crippen LogP contribution in [0.3, 0.4) is 0 Å². The van der Waals surface area contributed by atoms with Gasteiger partial charge < -0.3 is 5.32 Å². The molecule has 0 bridgehead atoms. The second-order valence-electron chi connectivity index (χ2n) is 4.54. The number of rotatable bonds is 4. The molecule has 0 spiro atoms. The van der Waals surface area contributed by atoms with Gasteiger partial charge in [-0.2, -0.15) is 10.2 Å². The van der Waals surface area contributed by atoms with Gasteiger partial charge in [0.2, 0.25) is 0 Å². The van der Waals surface area contributed by atoms with Crippen LogP contribution in [-0.2, 0) is 20.1 Å². The predicted octanol–water partition coefficient (Wildman–Crippen LogP) is 1.18. The third-order valence-electron chi connectivity index (χ3n) is 3.30. The molecule has 0 radical (unpaired) electrons. The molecule has 1 N–H and O–H groups in total. The molecule has 2 aromatic heterocycles. The minimum absolute atomic E-state index is 0.109. The highest BCUT2D eigenvalue weighted by atomic mass is 16.1. The van der Waals surface area contributed by atoms with Gasteiger partial charge in [0.25, 0.3) is 5.91 Å². The summed E-state index contributed by atoms with van der Waals surface area (Å²) in [5.41, 5.74) is 3.67. The van der Waals surface area contributed by atoms with Crippen LogP contribution in [0.15, 0.2) is 12.4 Å². The average Bonchev–Trinajstić information content (AvgIpc) is 2.94. The van der Waals surface area contributed by atoms with Gasteiger partial charge in [-0.3, -0.25) is 14.2 Å². The van der Waals surface area contributed by atoms with E-state index >= 15 is 0 Å². The third kappa shape index (κ3) is 2.67. The Morgan fingerprint density at radius 1 is 1.42 bits per heavy atom. The monoisotopic (exact) mass is 261 g/mol. The van der Waals surface area contributed by atoms with Crippen LogP contribution in [0.5, 0.6) is 0 Å². The number of hydrogen-bond donors (Lipinski definition) is 1. The molecular weight excluding hydrogens is 242 g/mol. The fraction of sp³-hybridized carbons (Fsp3) is 0.462. The first-order valence-electron chi connectivity index (χ1n) is 6.32. The maximum Gasteiger partial charge on any atom is 0.254 e. The summed E-state index contributed by atoms with van der Waals surface area (Å²) in [7, 11) is 1.90. The van der Waals surface area contributed by atoms with Gasteiger partial charge >= 0.3 is 0 Å². The normalized spacial score (nSPS) is 10.7. The van der Waals surface area contributed by atoms with Crippen LogP contribution in [0.25, 0.3) is 0 Å². The Kier molecular flexibility index (Phi) is 3.69. The quantitative estimate of drug-likeness (QED) is 0.899. The Labute approximate surface area is 112 Å². The van der Waals surface area contributed by atoms with Crippen molar-refractivity contribution in [2.24, 2.45) is 7.05 Å². The zero-order valence-corrected chi connectivity index (χ0v) is 11.8. The van der Waals surface area contributed by atoms with Crippen molar-refractivity contribution in [3.63, 3.8) is 0 Å². The van der Waals surface area contributed by atoms with Crippen LogP contribution in [0.4, 0.5) is 0 Å². The second-order valence-corrected chi connectivity index (χ2v) is 4.54. The number of carbonyl (C=O) groups is 1. The van der Waals surface area contributed by atoms with Gasteiger partial charge in [0.15, 0.2) is 0 Å². The standard InChI is InChI=1S/C13H19N5O/c1-5-18-8-11(6-15-18)13(19)14-7-12-9(2)16-17(4)10(12)3/h6,8H,5,7H2,1-4H3,(H,14,19). The number of aryl methyl sites for hydroxylation is 3. The summed E-state index contributed by atoms with van der Waals surface area (Å²) in [5, 5.41) is 11.3. The summed E-state index contributed by atoms with van der Waals surface area (Å²) >= 11 is 0. The Bertz CT molecular complexity index is 596. The molecule has 0 aliphatic carbocycles. The molecular formula is C13H19N5O. The van der Waals surface area contributed by atoms with E-state index in [-0.39, 0.29) is 5.91 Å². The van der Waals surface area contributed by atoms with E-state index in [2.05, 4.69) is 15.5 Å². The van der Waals surface area contributed by atoms with E-state index in [1.54, 1.807) is 17.1 Å². The lowest BCUT2D eigenvalue weighted by Gasteiger charge is -2.04. The minimum atomic E-state index is -0.109. The van der Waals surface area contributed by atoms with E-state index in [4.69, 9.17) is 0 Å². The van der Waals surface area contributed by atoms with Gasteiger partial charge in [-0.25, -0.2) is 0 Å². The highest BCUT2D eigenvalue weighted by Crippen LogP contribution is 2.11. The lowest BCUT2D eigenvalue weighted by Crippen LogP contribution is -2.23. The summed E-state index contributed by atoms with van der Waals surface area (Å²) in [4.78, 5) is 12.0. The minimum Gasteiger partial charge on any atom is -0.348 e. The van der Waals surface area contributed by atoms with E-state index in [0.29, 0.717) is 12.1 Å². The van der Waals surface area contributed by atoms with Crippen LogP contribution < -0.4 is 5.32 Å². The molecule has 0 aromatic carbocycles. The topological polar surface area (TPSA) is 64.7 Å². The van der Waals surface area contributed by atoms with Crippen molar-refractivity contribution in [3.8, 4) is 0 Å². The fourth-order valence-electron chi connectivity index (χ4n) is 2.00. The molecule has 0 saturated heterocycles. The van der Waals surface area contributed by atoms with Crippen LogP contribution in [0.2, 0.25) is 0 Å². The van der Waals surface area contributed by atoms with Gasteiger partial charge in [0.1, 0.15) is 0 Å². The van der Waals surface area contributed by atoms with Crippen molar-refractivity contribution >= 4 is 5.91 Å². The molecule has 6 heteroatoms. The molecule has 2 aromatic rings. The van der Waals surface area contributed by atoms with Crippen molar-refractivity contribution in [2.75, 3.05) is 0 Å². The van der Waals surface area contributed by atoms with Gasteiger partial charge in [-0.1, -0.05) is 0 Å². The van der Waals surface area contributed by atoms with Crippen LogP contribution >= 0.6 is 0 Å². The zero-order chi connectivity index (χ0) is 14.0. The number of hydrogen-bond acceptors (Lipinski definition) is 3. The van der Waals surface area contributed by atoms with Crippen LogP contribution in [0, 0.1) is 13.8 Å².